The Morgan fingerprint density at radius 1 is 1.37 bits per heavy atom. The summed E-state index contributed by atoms with van der Waals surface area (Å²) in [6.07, 6.45) is 1.59. The van der Waals surface area contributed by atoms with Gasteiger partial charge in [0.05, 0.1) is 10.7 Å². The summed E-state index contributed by atoms with van der Waals surface area (Å²) in [6, 6.07) is 5.46. The standard InChI is InChI=1S/C13H15ClN4S/c1-3-11-16-12(4-2)18(17-11)10-6-5-8(13(15)19)7-9(10)14/h5-7H,3-4H2,1-2H3,(H2,15,19). The van der Waals surface area contributed by atoms with Crippen molar-refractivity contribution >= 4 is 28.8 Å². The van der Waals surface area contributed by atoms with Crippen molar-refractivity contribution in [3.63, 3.8) is 0 Å². The van der Waals surface area contributed by atoms with Gasteiger partial charge >= 0.3 is 0 Å². The summed E-state index contributed by atoms with van der Waals surface area (Å²) in [4.78, 5) is 4.80. The van der Waals surface area contributed by atoms with Crippen molar-refractivity contribution in [2.75, 3.05) is 0 Å². The first-order valence-electron chi connectivity index (χ1n) is 6.11. The quantitative estimate of drug-likeness (QED) is 0.881. The number of thiocarbonyl (C=S) groups is 1. The van der Waals surface area contributed by atoms with Crippen LogP contribution in [-0.4, -0.2) is 19.8 Å². The van der Waals surface area contributed by atoms with E-state index < -0.39 is 0 Å². The van der Waals surface area contributed by atoms with Crippen LogP contribution in [0, 0.1) is 0 Å². The molecular formula is C13H15ClN4S. The van der Waals surface area contributed by atoms with Crippen molar-refractivity contribution in [3.8, 4) is 5.69 Å². The van der Waals surface area contributed by atoms with Crippen LogP contribution in [0.2, 0.25) is 5.02 Å². The van der Waals surface area contributed by atoms with E-state index in [1.54, 1.807) is 10.7 Å². The van der Waals surface area contributed by atoms with Gasteiger partial charge in [-0.25, -0.2) is 9.67 Å². The highest BCUT2D eigenvalue weighted by atomic mass is 35.5. The molecule has 6 heteroatoms. The minimum Gasteiger partial charge on any atom is -0.389 e. The number of nitrogens with two attached hydrogens (primary N) is 1. The van der Waals surface area contributed by atoms with Crippen molar-refractivity contribution < 1.29 is 0 Å². The van der Waals surface area contributed by atoms with Gasteiger partial charge in [-0.1, -0.05) is 37.7 Å². The molecule has 0 aliphatic rings. The molecule has 0 atom stereocenters. The molecule has 1 aromatic heterocycles. The molecular weight excluding hydrogens is 280 g/mol. The number of hydrogen-bond donors (Lipinski definition) is 1. The van der Waals surface area contributed by atoms with Crippen LogP contribution < -0.4 is 5.73 Å². The molecule has 19 heavy (non-hydrogen) atoms. The van der Waals surface area contributed by atoms with Gasteiger partial charge in [-0.05, 0) is 18.2 Å². The van der Waals surface area contributed by atoms with Crippen LogP contribution in [0.3, 0.4) is 0 Å². The molecule has 0 amide bonds. The van der Waals surface area contributed by atoms with Gasteiger partial charge in [-0.3, -0.25) is 0 Å². The van der Waals surface area contributed by atoms with E-state index in [9.17, 15) is 0 Å². The Balaban J connectivity index is 2.52. The molecule has 2 rings (SSSR count). The summed E-state index contributed by atoms with van der Waals surface area (Å²) in [6.45, 7) is 4.06. The Morgan fingerprint density at radius 3 is 2.63 bits per heavy atom. The van der Waals surface area contributed by atoms with Crippen molar-refractivity contribution in [3.05, 3.63) is 40.4 Å². The normalized spacial score (nSPS) is 10.7. The Morgan fingerprint density at radius 2 is 2.11 bits per heavy atom. The molecule has 0 fully saturated rings. The SMILES string of the molecule is CCc1nc(CC)n(-c2ccc(C(N)=S)cc2Cl)n1. The highest BCUT2D eigenvalue weighted by molar-refractivity contribution is 7.80. The van der Waals surface area contributed by atoms with Gasteiger partial charge in [0.25, 0.3) is 0 Å². The number of aryl methyl sites for hydroxylation is 2. The summed E-state index contributed by atoms with van der Waals surface area (Å²) >= 11 is 11.2. The van der Waals surface area contributed by atoms with Crippen LogP contribution in [0.4, 0.5) is 0 Å². The summed E-state index contributed by atoms with van der Waals surface area (Å²) in [7, 11) is 0. The van der Waals surface area contributed by atoms with E-state index in [1.165, 1.54) is 0 Å². The number of halogens is 1. The van der Waals surface area contributed by atoms with Gasteiger partial charge in [0.1, 0.15) is 10.8 Å². The molecule has 0 aliphatic heterocycles. The summed E-state index contributed by atoms with van der Waals surface area (Å²) in [5, 5.41) is 5.02. The molecule has 4 nitrogen and oxygen atoms in total. The van der Waals surface area contributed by atoms with Gasteiger partial charge in [-0.15, -0.1) is 0 Å². The van der Waals surface area contributed by atoms with E-state index in [4.69, 9.17) is 29.6 Å². The first-order valence-corrected chi connectivity index (χ1v) is 6.90. The third kappa shape index (κ3) is 2.77. The Hall–Kier alpha value is -1.46. The lowest BCUT2D eigenvalue weighted by Gasteiger charge is -2.08. The molecule has 1 heterocycles. The molecule has 0 radical (unpaired) electrons. The number of rotatable bonds is 4. The molecule has 0 aliphatic carbocycles. The fourth-order valence-corrected chi connectivity index (χ4v) is 2.18. The van der Waals surface area contributed by atoms with E-state index in [-0.39, 0.29) is 0 Å². The second kappa shape index (κ2) is 5.67. The molecule has 2 aromatic rings. The third-order valence-electron chi connectivity index (χ3n) is 2.81. The molecule has 0 saturated carbocycles. The van der Waals surface area contributed by atoms with Gasteiger partial charge in [0, 0.05) is 18.4 Å². The highest BCUT2D eigenvalue weighted by Crippen LogP contribution is 2.23. The number of aromatic nitrogens is 3. The number of nitrogens with zero attached hydrogens (tertiary/aromatic N) is 3. The lowest BCUT2D eigenvalue weighted by atomic mass is 10.2. The van der Waals surface area contributed by atoms with Gasteiger partial charge in [-0.2, -0.15) is 5.10 Å². The predicted molar refractivity (Wildman–Crippen MR) is 81.0 cm³/mol. The fourth-order valence-electron chi connectivity index (χ4n) is 1.80. The predicted octanol–water partition coefficient (Wildman–Crippen LogP) is 2.68. The Labute approximate surface area is 122 Å². The largest absolute Gasteiger partial charge is 0.389 e. The lowest BCUT2D eigenvalue weighted by Crippen LogP contribution is -2.10. The van der Waals surface area contributed by atoms with Crippen molar-refractivity contribution in [2.24, 2.45) is 5.73 Å². The van der Waals surface area contributed by atoms with Crippen LogP contribution in [0.15, 0.2) is 18.2 Å². The minimum atomic E-state index is 0.331. The van der Waals surface area contributed by atoms with Crippen molar-refractivity contribution in [2.45, 2.75) is 26.7 Å². The average molecular weight is 295 g/mol. The topological polar surface area (TPSA) is 56.7 Å². The lowest BCUT2D eigenvalue weighted by molar-refractivity contribution is 0.791. The minimum absolute atomic E-state index is 0.331. The number of benzene rings is 1. The maximum atomic E-state index is 6.29. The zero-order valence-electron chi connectivity index (χ0n) is 10.9. The molecule has 0 bridgehead atoms. The van der Waals surface area contributed by atoms with Crippen LogP contribution in [0.5, 0.6) is 0 Å². The Kier molecular flexibility index (Phi) is 4.17. The van der Waals surface area contributed by atoms with E-state index in [0.29, 0.717) is 10.0 Å². The van der Waals surface area contributed by atoms with E-state index in [0.717, 1.165) is 35.7 Å². The number of hydrogen-bond acceptors (Lipinski definition) is 3. The molecule has 0 unspecified atom stereocenters. The second-order valence-corrected chi connectivity index (χ2v) is 4.94. The summed E-state index contributed by atoms with van der Waals surface area (Å²) < 4.78 is 1.78. The van der Waals surface area contributed by atoms with Crippen LogP contribution in [0.25, 0.3) is 5.69 Å². The maximum absolute atomic E-state index is 6.29. The smallest absolute Gasteiger partial charge is 0.151 e. The molecule has 100 valence electrons. The first-order chi connectivity index (χ1) is 9.06. The summed E-state index contributed by atoms with van der Waals surface area (Å²) in [5.74, 6) is 1.70. The zero-order valence-corrected chi connectivity index (χ0v) is 12.4. The highest BCUT2D eigenvalue weighted by Gasteiger charge is 2.12. The fraction of sp³-hybridized carbons (Fsp3) is 0.308. The Bertz CT molecular complexity index is 621. The van der Waals surface area contributed by atoms with Crippen LogP contribution in [-0.2, 0) is 12.8 Å². The molecule has 1 aromatic carbocycles. The first kappa shape index (κ1) is 14.0. The second-order valence-electron chi connectivity index (χ2n) is 4.09. The zero-order chi connectivity index (χ0) is 14.0. The molecule has 2 N–H and O–H groups in total. The van der Waals surface area contributed by atoms with Gasteiger partial charge < -0.3 is 5.73 Å². The summed E-state index contributed by atoms with van der Waals surface area (Å²) in [5.41, 5.74) is 7.14. The van der Waals surface area contributed by atoms with Crippen LogP contribution >= 0.6 is 23.8 Å². The van der Waals surface area contributed by atoms with Crippen molar-refractivity contribution in [1.29, 1.82) is 0 Å². The van der Waals surface area contributed by atoms with E-state index in [2.05, 4.69) is 10.1 Å². The van der Waals surface area contributed by atoms with Crippen LogP contribution in [0.1, 0.15) is 31.1 Å². The van der Waals surface area contributed by atoms with Gasteiger partial charge in [0.15, 0.2) is 5.82 Å². The average Bonchev–Trinajstić information content (AvgIpc) is 2.81. The van der Waals surface area contributed by atoms with Gasteiger partial charge in [0.2, 0.25) is 0 Å². The van der Waals surface area contributed by atoms with E-state index in [1.807, 2.05) is 26.0 Å². The molecule has 0 saturated heterocycles. The van der Waals surface area contributed by atoms with E-state index >= 15 is 0 Å². The third-order valence-corrected chi connectivity index (χ3v) is 3.35. The monoisotopic (exact) mass is 294 g/mol. The molecule has 0 spiro atoms. The maximum Gasteiger partial charge on any atom is 0.151 e. The van der Waals surface area contributed by atoms with Crippen molar-refractivity contribution in [1.82, 2.24) is 14.8 Å².